The molecule has 0 atom stereocenters. The highest BCUT2D eigenvalue weighted by Crippen LogP contribution is 2.20. The van der Waals surface area contributed by atoms with Crippen LogP contribution in [0, 0.1) is 0 Å². The molecule has 148 valence electrons. The van der Waals surface area contributed by atoms with E-state index < -0.39 is 30.3 Å². The number of benzene rings is 2. The molecule has 0 saturated carbocycles. The Balaban J connectivity index is 1.58. The zero-order valence-electron chi connectivity index (χ0n) is 15.7. The molecule has 0 bridgehead atoms. The minimum absolute atomic E-state index is 0.139. The van der Waals surface area contributed by atoms with Gasteiger partial charge in [0.15, 0.2) is 0 Å². The lowest BCUT2D eigenvalue weighted by Gasteiger charge is -2.14. The molecule has 2 aromatic rings. The molecule has 9 heteroatoms. The average molecular weight is 393 g/mol. The lowest BCUT2D eigenvalue weighted by molar-refractivity contribution is -0.143. The van der Waals surface area contributed by atoms with Crippen LogP contribution < -0.4 is 5.32 Å². The number of anilines is 1. The second kappa shape index (κ2) is 8.87. The third-order valence-electron chi connectivity index (χ3n) is 4.07. The summed E-state index contributed by atoms with van der Waals surface area (Å²) < 4.78 is 0. The van der Waals surface area contributed by atoms with Crippen LogP contribution in [0.4, 0.5) is 21.9 Å². The van der Waals surface area contributed by atoms with E-state index >= 15 is 0 Å². The number of imide groups is 2. The molecule has 0 spiro atoms. The van der Waals surface area contributed by atoms with Crippen molar-refractivity contribution in [1.82, 2.24) is 9.80 Å². The molecule has 0 unspecified atom stereocenters. The number of nitrogens with zero attached hydrogens (tertiary/aromatic N) is 4. The molecule has 29 heavy (non-hydrogen) atoms. The van der Waals surface area contributed by atoms with Gasteiger partial charge < -0.3 is 5.32 Å². The van der Waals surface area contributed by atoms with Crippen LogP contribution in [0.2, 0.25) is 0 Å². The van der Waals surface area contributed by atoms with Crippen LogP contribution in [0.3, 0.4) is 0 Å². The summed E-state index contributed by atoms with van der Waals surface area (Å²) in [5.74, 6) is -2.48. The number of azo groups is 1. The van der Waals surface area contributed by atoms with Crippen molar-refractivity contribution in [2.45, 2.75) is 13.3 Å². The third kappa shape index (κ3) is 4.70. The zero-order chi connectivity index (χ0) is 20.8. The molecule has 9 nitrogen and oxygen atoms in total. The minimum Gasteiger partial charge on any atom is -0.325 e. The Morgan fingerprint density at radius 3 is 2.07 bits per heavy atom. The van der Waals surface area contributed by atoms with Gasteiger partial charge in [-0.3, -0.25) is 19.3 Å². The predicted molar refractivity (Wildman–Crippen MR) is 105 cm³/mol. The highest BCUT2D eigenvalue weighted by molar-refractivity contribution is 6.45. The monoisotopic (exact) mass is 393 g/mol. The van der Waals surface area contributed by atoms with Crippen molar-refractivity contribution in [2.24, 2.45) is 10.2 Å². The van der Waals surface area contributed by atoms with Crippen LogP contribution in [0.25, 0.3) is 0 Å². The highest BCUT2D eigenvalue weighted by atomic mass is 16.2. The average Bonchev–Trinajstić information content (AvgIpc) is 2.92. The van der Waals surface area contributed by atoms with Crippen molar-refractivity contribution in [3.63, 3.8) is 0 Å². The van der Waals surface area contributed by atoms with Crippen molar-refractivity contribution >= 4 is 40.8 Å². The molecule has 5 amide bonds. The second-order valence-corrected chi connectivity index (χ2v) is 6.26. The minimum atomic E-state index is -0.990. The summed E-state index contributed by atoms with van der Waals surface area (Å²) in [7, 11) is 0. The van der Waals surface area contributed by atoms with E-state index in [2.05, 4.69) is 15.5 Å². The van der Waals surface area contributed by atoms with Gasteiger partial charge in [0, 0.05) is 12.2 Å². The first-order valence-electron chi connectivity index (χ1n) is 9.03. The van der Waals surface area contributed by atoms with Crippen molar-refractivity contribution in [1.29, 1.82) is 0 Å². The molecule has 1 aliphatic heterocycles. The summed E-state index contributed by atoms with van der Waals surface area (Å²) in [5.41, 5.74) is 1.78. The van der Waals surface area contributed by atoms with Crippen LogP contribution in [0.15, 0.2) is 64.8 Å². The fourth-order valence-corrected chi connectivity index (χ4v) is 2.68. The summed E-state index contributed by atoms with van der Waals surface area (Å²) in [6.07, 6.45) is 0.527. The van der Waals surface area contributed by atoms with Gasteiger partial charge in [-0.2, -0.15) is 10.2 Å². The number of hydrogen-bond acceptors (Lipinski definition) is 6. The van der Waals surface area contributed by atoms with Crippen LogP contribution in [0.1, 0.15) is 13.3 Å². The van der Waals surface area contributed by atoms with Crippen LogP contribution >= 0.6 is 0 Å². The number of urea groups is 1. The molecule has 3 rings (SSSR count). The second-order valence-electron chi connectivity index (χ2n) is 6.26. The largest absolute Gasteiger partial charge is 0.334 e. The van der Waals surface area contributed by atoms with Crippen LogP contribution in [0.5, 0.6) is 0 Å². The van der Waals surface area contributed by atoms with E-state index in [1.807, 2.05) is 30.3 Å². The Labute approximate surface area is 167 Å². The fourth-order valence-electron chi connectivity index (χ4n) is 2.68. The molecular weight excluding hydrogens is 374 g/mol. The Morgan fingerprint density at radius 1 is 0.862 bits per heavy atom. The fraction of sp³-hybridized carbons (Fsp3) is 0.200. The molecule has 1 fully saturated rings. The van der Waals surface area contributed by atoms with Gasteiger partial charge in [-0.05, 0) is 42.8 Å². The molecule has 2 aromatic carbocycles. The van der Waals surface area contributed by atoms with Crippen molar-refractivity contribution < 1.29 is 19.2 Å². The van der Waals surface area contributed by atoms with Gasteiger partial charge in [0.1, 0.15) is 6.54 Å². The van der Waals surface area contributed by atoms with E-state index in [9.17, 15) is 19.2 Å². The molecule has 1 saturated heterocycles. The molecule has 1 heterocycles. The highest BCUT2D eigenvalue weighted by Gasteiger charge is 2.44. The summed E-state index contributed by atoms with van der Waals surface area (Å²) >= 11 is 0. The summed E-state index contributed by atoms with van der Waals surface area (Å²) in [6, 6.07) is 15.1. The molecule has 1 N–H and O–H groups in total. The molecule has 0 aliphatic carbocycles. The number of hydrogen-bond donors (Lipinski definition) is 1. The van der Waals surface area contributed by atoms with E-state index in [1.54, 1.807) is 31.2 Å². The van der Waals surface area contributed by atoms with E-state index in [0.717, 1.165) is 10.6 Å². The van der Waals surface area contributed by atoms with Gasteiger partial charge in [-0.25, -0.2) is 9.69 Å². The molecular formula is C20H19N5O4. The van der Waals surface area contributed by atoms with Crippen molar-refractivity contribution in [2.75, 3.05) is 18.4 Å². The maximum absolute atomic E-state index is 12.2. The van der Waals surface area contributed by atoms with Crippen LogP contribution in [-0.2, 0) is 14.4 Å². The van der Waals surface area contributed by atoms with Gasteiger partial charge >= 0.3 is 17.8 Å². The zero-order valence-corrected chi connectivity index (χ0v) is 15.7. The number of carbonyl (C=O) groups is 4. The Kier molecular flexibility index (Phi) is 6.08. The first-order valence-corrected chi connectivity index (χ1v) is 9.03. The van der Waals surface area contributed by atoms with Gasteiger partial charge in [0.05, 0.1) is 11.4 Å². The first kappa shape index (κ1) is 19.9. The lowest BCUT2D eigenvalue weighted by atomic mass is 10.3. The SMILES string of the molecule is CCCN1C(=O)C(=O)N(CC(=O)Nc2ccc(N=Nc3ccccc3)cc2)C1=O. The van der Waals surface area contributed by atoms with E-state index in [0.29, 0.717) is 22.7 Å². The quantitative estimate of drug-likeness (QED) is 0.442. The van der Waals surface area contributed by atoms with E-state index in [4.69, 9.17) is 0 Å². The van der Waals surface area contributed by atoms with Gasteiger partial charge in [-0.15, -0.1) is 0 Å². The Hall–Kier alpha value is -3.88. The van der Waals surface area contributed by atoms with Crippen LogP contribution in [-0.4, -0.2) is 46.6 Å². The number of nitrogens with one attached hydrogen (secondary N) is 1. The molecule has 1 aliphatic rings. The summed E-state index contributed by atoms with van der Waals surface area (Å²) in [5, 5.41) is 10.8. The van der Waals surface area contributed by atoms with Gasteiger partial charge in [-0.1, -0.05) is 25.1 Å². The maximum Gasteiger partial charge on any atom is 0.334 e. The normalized spacial score (nSPS) is 14.2. The van der Waals surface area contributed by atoms with Gasteiger partial charge in [0.25, 0.3) is 0 Å². The third-order valence-corrected chi connectivity index (χ3v) is 4.07. The number of rotatable bonds is 7. The summed E-state index contributed by atoms with van der Waals surface area (Å²) in [4.78, 5) is 49.6. The lowest BCUT2D eigenvalue weighted by Crippen LogP contribution is -2.39. The topological polar surface area (TPSA) is 112 Å². The first-order chi connectivity index (χ1) is 14.0. The van der Waals surface area contributed by atoms with E-state index in [-0.39, 0.29) is 6.54 Å². The Bertz CT molecular complexity index is 957. The predicted octanol–water partition coefficient (Wildman–Crippen LogP) is 3.24. The molecule has 0 radical (unpaired) electrons. The number of amides is 5. The maximum atomic E-state index is 12.2. The standard InChI is InChI=1S/C20H19N5O4/c1-2-12-24-18(27)19(28)25(20(24)29)13-17(26)21-14-8-10-16(11-9-14)23-22-15-6-4-3-5-7-15/h3-11H,2,12-13H2,1H3,(H,21,26). The molecule has 0 aromatic heterocycles. The summed E-state index contributed by atoms with van der Waals surface area (Å²) in [6.45, 7) is 1.39. The van der Waals surface area contributed by atoms with Crippen molar-refractivity contribution in [3.8, 4) is 0 Å². The van der Waals surface area contributed by atoms with E-state index in [1.165, 1.54) is 0 Å². The van der Waals surface area contributed by atoms with Gasteiger partial charge in [0.2, 0.25) is 5.91 Å². The van der Waals surface area contributed by atoms with Crippen molar-refractivity contribution in [3.05, 3.63) is 54.6 Å². The number of carbonyl (C=O) groups excluding carboxylic acids is 4. The Morgan fingerprint density at radius 2 is 1.45 bits per heavy atom. The smallest absolute Gasteiger partial charge is 0.325 e.